The van der Waals surface area contributed by atoms with E-state index in [1.807, 2.05) is 18.2 Å². The Bertz CT molecular complexity index is 527. The van der Waals surface area contributed by atoms with E-state index in [0.717, 1.165) is 24.2 Å². The van der Waals surface area contributed by atoms with Crippen LogP contribution >= 0.6 is 0 Å². The van der Waals surface area contributed by atoms with Gasteiger partial charge in [-0.25, -0.2) is 0 Å². The molecule has 1 aromatic rings. The lowest BCUT2D eigenvalue weighted by Gasteiger charge is -2.33. The SMILES string of the molecule is COc1ccc2c(c1)CC(N(CC(=O)O)CC(=O)O)CC2. The van der Waals surface area contributed by atoms with Crippen LogP contribution in [0.3, 0.4) is 0 Å². The fourth-order valence-corrected chi connectivity index (χ4v) is 2.81. The van der Waals surface area contributed by atoms with E-state index >= 15 is 0 Å². The molecule has 1 aliphatic carbocycles. The van der Waals surface area contributed by atoms with Gasteiger partial charge in [0.25, 0.3) is 0 Å². The Morgan fingerprint density at radius 2 is 1.90 bits per heavy atom. The van der Waals surface area contributed by atoms with Crippen LogP contribution < -0.4 is 4.74 Å². The van der Waals surface area contributed by atoms with Crippen molar-refractivity contribution in [2.75, 3.05) is 20.2 Å². The summed E-state index contributed by atoms with van der Waals surface area (Å²) < 4.78 is 5.20. The molecule has 1 unspecified atom stereocenters. The average Bonchev–Trinajstić information content (AvgIpc) is 2.44. The summed E-state index contributed by atoms with van der Waals surface area (Å²) in [6.45, 7) is -0.507. The maximum absolute atomic E-state index is 10.9. The number of carbonyl (C=O) groups is 2. The van der Waals surface area contributed by atoms with Crippen LogP contribution in [0.15, 0.2) is 18.2 Å². The van der Waals surface area contributed by atoms with Gasteiger partial charge in [0.2, 0.25) is 0 Å². The van der Waals surface area contributed by atoms with Gasteiger partial charge in [-0.3, -0.25) is 14.5 Å². The summed E-state index contributed by atoms with van der Waals surface area (Å²) in [6.07, 6.45) is 2.23. The summed E-state index contributed by atoms with van der Waals surface area (Å²) in [5, 5.41) is 17.9. The molecular weight excluding hydrogens is 274 g/mol. The lowest BCUT2D eigenvalue weighted by molar-refractivity contribution is -0.143. The van der Waals surface area contributed by atoms with Gasteiger partial charge in [-0.2, -0.15) is 0 Å². The first-order valence-corrected chi connectivity index (χ1v) is 6.83. The number of carboxylic acid groups (broad SMARTS) is 2. The summed E-state index contributed by atoms with van der Waals surface area (Å²) in [6, 6.07) is 5.80. The van der Waals surface area contributed by atoms with E-state index in [4.69, 9.17) is 14.9 Å². The average molecular weight is 293 g/mol. The van der Waals surface area contributed by atoms with Crippen LogP contribution in [0.4, 0.5) is 0 Å². The molecule has 0 spiro atoms. The van der Waals surface area contributed by atoms with Crippen molar-refractivity contribution >= 4 is 11.9 Å². The van der Waals surface area contributed by atoms with Crippen molar-refractivity contribution in [2.24, 2.45) is 0 Å². The van der Waals surface area contributed by atoms with Crippen LogP contribution in [0.25, 0.3) is 0 Å². The fraction of sp³-hybridized carbons (Fsp3) is 0.467. The number of fused-ring (bicyclic) bond motifs is 1. The molecule has 1 aliphatic rings. The highest BCUT2D eigenvalue weighted by molar-refractivity contribution is 5.72. The standard InChI is InChI=1S/C15H19NO5/c1-21-13-5-3-10-2-4-12(6-11(10)7-13)16(8-14(17)18)9-15(19)20/h3,5,7,12H,2,4,6,8-9H2,1H3,(H,17,18)(H,19,20). The maximum Gasteiger partial charge on any atom is 0.317 e. The number of aryl methyl sites for hydroxylation is 1. The summed E-state index contributed by atoms with van der Waals surface area (Å²) in [4.78, 5) is 23.4. The summed E-state index contributed by atoms with van der Waals surface area (Å²) in [5.74, 6) is -1.25. The number of methoxy groups -OCH3 is 1. The lowest BCUT2D eigenvalue weighted by atomic mass is 9.87. The number of rotatable bonds is 6. The van der Waals surface area contributed by atoms with E-state index in [0.29, 0.717) is 6.42 Å². The molecule has 1 aromatic carbocycles. The second-order valence-corrected chi connectivity index (χ2v) is 5.22. The van der Waals surface area contributed by atoms with Crippen LogP contribution in [0.5, 0.6) is 5.75 Å². The van der Waals surface area contributed by atoms with Gasteiger partial charge < -0.3 is 14.9 Å². The van der Waals surface area contributed by atoms with Crippen molar-refractivity contribution in [1.29, 1.82) is 0 Å². The van der Waals surface area contributed by atoms with Crippen molar-refractivity contribution in [2.45, 2.75) is 25.3 Å². The second kappa shape index (κ2) is 6.58. The third kappa shape index (κ3) is 3.95. The molecule has 0 bridgehead atoms. The largest absolute Gasteiger partial charge is 0.497 e. The van der Waals surface area contributed by atoms with Gasteiger partial charge >= 0.3 is 11.9 Å². The van der Waals surface area contributed by atoms with Crippen LogP contribution in [0.2, 0.25) is 0 Å². The number of benzene rings is 1. The fourth-order valence-electron chi connectivity index (χ4n) is 2.81. The van der Waals surface area contributed by atoms with Crippen molar-refractivity contribution in [1.82, 2.24) is 4.90 Å². The molecule has 0 heterocycles. The molecule has 0 fully saturated rings. The molecule has 1 atom stereocenters. The van der Waals surface area contributed by atoms with Crippen LogP contribution in [0.1, 0.15) is 17.5 Å². The zero-order chi connectivity index (χ0) is 15.4. The lowest BCUT2D eigenvalue weighted by Crippen LogP contribution is -2.45. The normalized spacial score (nSPS) is 17.3. The smallest absolute Gasteiger partial charge is 0.317 e. The number of carboxylic acids is 2. The Kier molecular flexibility index (Phi) is 4.80. The first-order valence-electron chi connectivity index (χ1n) is 6.83. The maximum atomic E-state index is 10.9. The number of hydrogen-bond donors (Lipinski definition) is 2. The Balaban J connectivity index is 2.16. The number of ether oxygens (including phenoxy) is 1. The highest BCUT2D eigenvalue weighted by atomic mass is 16.5. The topological polar surface area (TPSA) is 87.1 Å². The van der Waals surface area contributed by atoms with Crippen molar-refractivity contribution in [3.05, 3.63) is 29.3 Å². The van der Waals surface area contributed by atoms with E-state index in [2.05, 4.69) is 0 Å². The van der Waals surface area contributed by atoms with Crippen molar-refractivity contribution in [3.63, 3.8) is 0 Å². The minimum absolute atomic E-state index is 0.0724. The monoisotopic (exact) mass is 293 g/mol. The van der Waals surface area contributed by atoms with E-state index in [9.17, 15) is 9.59 Å². The van der Waals surface area contributed by atoms with Gasteiger partial charge in [0.05, 0.1) is 20.2 Å². The Morgan fingerprint density at radius 3 is 2.48 bits per heavy atom. The van der Waals surface area contributed by atoms with Crippen LogP contribution in [-0.4, -0.2) is 53.3 Å². The van der Waals surface area contributed by atoms with Gasteiger partial charge in [-0.1, -0.05) is 6.07 Å². The number of nitrogens with zero attached hydrogens (tertiary/aromatic N) is 1. The highest BCUT2D eigenvalue weighted by Gasteiger charge is 2.27. The van der Waals surface area contributed by atoms with Gasteiger partial charge in [-0.15, -0.1) is 0 Å². The van der Waals surface area contributed by atoms with Crippen LogP contribution in [0, 0.1) is 0 Å². The molecule has 0 radical (unpaired) electrons. The van der Waals surface area contributed by atoms with E-state index in [1.54, 1.807) is 7.11 Å². The van der Waals surface area contributed by atoms with Crippen LogP contribution in [-0.2, 0) is 22.4 Å². The minimum Gasteiger partial charge on any atom is -0.497 e. The molecule has 0 aliphatic heterocycles. The quantitative estimate of drug-likeness (QED) is 0.814. The first kappa shape index (κ1) is 15.3. The highest BCUT2D eigenvalue weighted by Crippen LogP contribution is 2.27. The number of aliphatic carboxylic acids is 2. The first-order chi connectivity index (χ1) is 9.99. The molecular formula is C15H19NO5. The summed E-state index contributed by atoms with van der Waals surface area (Å²) in [7, 11) is 1.60. The minimum atomic E-state index is -1.01. The van der Waals surface area contributed by atoms with Gasteiger partial charge in [0, 0.05) is 6.04 Å². The van der Waals surface area contributed by atoms with E-state index in [-0.39, 0.29) is 19.1 Å². The third-order valence-corrected chi connectivity index (χ3v) is 3.81. The van der Waals surface area contributed by atoms with Gasteiger partial charge in [0.15, 0.2) is 0 Å². The van der Waals surface area contributed by atoms with Gasteiger partial charge in [-0.05, 0) is 42.5 Å². The third-order valence-electron chi connectivity index (χ3n) is 3.81. The van der Waals surface area contributed by atoms with E-state index < -0.39 is 11.9 Å². The molecule has 2 rings (SSSR count). The summed E-state index contributed by atoms with van der Waals surface area (Å²) >= 11 is 0. The Labute approximate surface area is 122 Å². The van der Waals surface area contributed by atoms with Crippen molar-refractivity contribution < 1.29 is 24.5 Å². The molecule has 6 heteroatoms. The Morgan fingerprint density at radius 1 is 1.24 bits per heavy atom. The molecule has 114 valence electrons. The van der Waals surface area contributed by atoms with E-state index in [1.165, 1.54) is 10.5 Å². The molecule has 0 saturated carbocycles. The molecule has 2 N–H and O–H groups in total. The summed E-state index contributed by atoms with van der Waals surface area (Å²) in [5.41, 5.74) is 2.32. The molecule has 0 saturated heterocycles. The molecule has 6 nitrogen and oxygen atoms in total. The predicted molar refractivity (Wildman–Crippen MR) is 75.7 cm³/mol. The molecule has 21 heavy (non-hydrogen) atoms. The molecule has 0 aromatic heterocycles. The second-order valence-electron chi connectivity index (χ2n) is 5.22. The van der Waals surface area contributed by atoms with Gasteiger partial charge in [0.1, 0.15) is 5.75 Å². The molecule has 0 amide bonds. The zero-order valence-corrected chi connectivity index (χ0v) is 11.9. The zero-order valence-electron chi connectivity index (χ0n) is 11.9. The predicted octanol–water partition coefficient (Wildman–Crippen LogP) is 1.02. The number of hydrogen-bond acceptors (Lipinski definition) is 4. The Hall–Kier alpha value is -2.08. The van der Waals surface area contributed by atoms with Crippen molar-refractivity contribution in [3.8, 4) is 5.75 Å².